The maximum atomic E-state index is 13.4. The molecule has 1 fully saturated rings. The number of fused-ring (bicyclic) bond motifs is 1. The minimum atomic E-state index is -2.94. The molecule has 1 aliphatic heterocycles. The molecule has 1 aliphatic carbocycles. The van der Waals surface area contributed by atoms with Crippen molar-refractivity contribution in [2.24, 2.45) is 17.8 Å². The van der Waals surface area contributed by atoms with Gasteiger partial charge in [0.05, 0.1) is 23.8 Å². The average molecular weight is 1230 g/mol. The number of carbonyl (C=O) groups excluding carboxylic acids is 2. The van der Waals surface area contributed by atoms with E-state index in [0.717, 1.165) is 30.2 Å². The number of amides is 1. The molecule has 0 bridgehead atoms. The summed E-state index contributed by atoms with van der Waals surface area (Å²) in [5.74, 6) is 1.38. The minimum Gasteiger partial charge on any atom is -0.460 e. The summed E-state index contributed by atoms with van der Waals surface area (Å²) < 4.78 is 48.3. The monoisotopic (exact) mass is 1230 g/mol. The molecule has 55 heavy (non-hydrogen) atoms. The molecule has 1 aromatic rings. The zero-order chi connectivity index (χ0) is 41.2. The number of ether oxygens (including phenoxy) is 2. The van der Waals surface area contributed by atoms with E-state index >= 15 is 0 Å². The van der Waals surface area contributed by atoms with Crippen LogP contribution in [0.3, 0.4) is 0 Å². The number of hydrogen-bond donors (Lipinski definition) is 1. The maximum Gasteiger partial charge on any atom is 0.410 e. The third-order valence-electron chi connectivity index (χ3n) is 6.58. The van der Waals surface area contributed by atoms with E-state index in [1.165, 1.54) is 36.6 Å². The number of nitrogens with zero attached hydrogens (tertiary/aromatic N) is 1. The summed E-state index contributed by atoms with van der Waals surface area (Å²) in [5, 5.41) is -0.0881. The smallest absolute Gasteiger partial charge is 0.410 e. The first-order chi connectivity index (χ1) is 23.9. The number of nitrogens with one attached hydrogen (secondary N) is 1. The second kappa shape index (κ2) is 37.1. The third-order valence-corrected chi connectivity index (χ3v) is 8.72. The van der Waals surface area contributed by atoms with Crippen LogP contribution in [-0.2, 0) is 77.0 Å². The number of rotatable bonds is 10. The Morgan fingerprint density at radius 3 is 1.60 bits per heavy atom. The molecule has 1 amide bonds. The molecular formula is C42H79FN2O6SUVW-2. The van der Waals surface area contributed by atoms with Gasteiger partial charge >= 0.3 is 12.1 Å². The summed E-state index contributed by atoms with van der Waals surface area (Å²) in [6, 6.07) is 4.94. The Balaban J connectivity index is -0.000000139. The van der Waals surface area contributed by atoms with E-state index in [-0.39, 0.29) is 118 Å². The fourth-order valence-corrected chi connectivity index (χ4v) is 5.72. The van der Waals surface area contributed by atoms with Crippen molar-refractivity contribution in [1.29, 1.82) is 0 Å². The first kappa shape index (κ1) is 66.9. The van der Waals surface area contributed by atoms with Crippen molar-refractivity contribution in [3.8, 4) is 0 Å². The van der Waals surface area contributed by atoms with Gasteiger partial charge in [-0.25, -0.2) is 22.3 Å². The minimum absolute atomic E-state index is 0. The van der Waals surface area contributed by atoms with Crippen molar-refractivity contribution in [2.75, 3.05) is 0 Å². The fraction of sp³-hybridized carbons (Fsp3) is 0.762. The SMILES string of the molecule is CC(C)C(=O)OC(C)(C)C.CC(C)CCCCC(C)C.CC(C)NS(=O)(=O)C1CC1.CC(C)OC(=O)N1Cc2cccc(F)c2C1.C[CH-]C.C[CH-]C.[U].[V].[W]. The Morgan fingerprint density at radius 2 is 1.31 bits per heavy atom. The molecule has 13 heteroatoms. The molecule has 323 valence electrons. The van der Waals surface area contributed by atoms with Gasteiger partial charge in [-0.15, -0.1) is 0 Å². The van der Waals surface area contributed by atoms with Gasteiger partial charge in [0.15, 0.2) is 0 Å². The standard InChI is InChI=1S/C12H14FNO2.C10H22.C8H16O2.C6H13NO2S.2C3H7.U.V.W/c1-8(2)16-12(15)14-6-9-4-3-5-11(13)10(9)7-14;1-9(2)7-5-6-8-10(3)4;1-6(2)7(9)10-8(3,4)5;1-5(2)7-10(8,9)6-3-4-6;2*1-3-2;;;/h3-5,8H,6-7H2,1-2H3;9-10H,5-8H2,1-4H3;6H,1-5H3;5-7H,3-4H2,1-2H3;2*3H,1-2H3;;;/q;;;;2*-1;;;. The number of benzene rings is 1. The van der Waals surface area contributed by atoms with Gasteiger partial charge < -0.3 is 22.3 Å². The molecule has 1 radical (unpaired) electrons. The first-order valence-corrected chi connectivity index (χ1v) is 20.9. The number of halogens is 1. The van der Waals surface area contributed by atoms with Crippen molar-refractivity contribution in [3.63, 3.8) is 0 Å². The maximum absolute atomic E-state index is 13.4. The second-order valence-corrected chi connectivity index (χ2v) is 18.1. The van der Waals surface area contributed by atoms with Gasteiger partial charge in [-0.3, -0.25) is 9.69 Å². The molecular weight excluding hydrogens is 1150 g/mol. The molecule has 1 N–H and O–H groups in total. The summed E-state index contributed by atoms with van der Waals surface area (Å²) in [4.78, 5) is 24.1. The zero-order valence-corrected chi connectivity index (χ0v) is 46.9. The number of carbonyl (C=O) groups is 2. The topological polar surface area (TPSA) is 102 Å². The van der Waals surface area contributed by atoms with E-state index in [1.54, 1.807) is 19.9 Å². The number of unbranched alkanes of at least 4 members (excludes halogenated alkanes) is 1. The summed E-state index contributed by atoms with van der Waals surface area (Å²) in [6.07, 6.45) is 10.8. The van der Waals surface area contributed by atoms with Crippen LogP contribution in [-0.4, -0.2) is 48.4 Å². The van der Waals surface area contributed by atoms with Gasteiger partial charge in [-0.2, -0.15) is 27.7 Å². The van der Waals surface area contributed by atoms with Crippen LogP contribution in [0.2, 0.25) is 0 Å². The second-order valence-electron chi connectivity index (χ2n) is 16.1. The molecule has 1 aromatic carbocycles. The molecule has 3 rings (SSSR count). The van der Waals surface area contributed by atoms with E-state index < -0.39 is 10.0 Å². The Labute approximate surface area is 389 Å². The van der Waals surface area contributed by atoms with Crippen LogP contribution in [0, 0.1) is 67.5 Å². The Morgan fingerprint density at radius 1 is 0.873 bits per heavy atom. The molecule has 2 aliphatic rings. The predicted octanol–water partition coefficient (Wildman–Crippen LogP) is 11.5. The first-order valence-electron chi connectivity index (χ1n) is 19.3. The van der Waals surface area contributed by atoms with Crippen molar-refractivity contribution in [3.05, 3.63) is 48.0 Å². The van der Waals surface area contributed by atoms with E-state index in [4.69, 9.17) is 9.47 Å². The van der Waals surface area contributed by atoms with Crippen molar-refractivity contribution in [1.82, 2.24) is 9.62 Å². The third kappa shape index (κ3) is 40.7. The fourth-order valence-electron chi connectivity index (χ4n) is 4.11. The van der Waals surface area contributed by atoms with Gasteiger partial charge in [0.2, 0.25) is 10.0 Å². The van der Waals surface area contributed by atoms with E-state index in [1.807, 2.05) is 95.1 Å². The summed E-state index contributed by atoms with van der Waals surface area (Å²) >= 11 is 0. The zero-order valence-electron chi connectivity index (χ0n) is 37.5. The average Bonchev–Trinajstić information content (AvgIpc) is 3.75. The van der Waals surface area contributed by atoms with Gasteiger partial charge in [-0.1, -0.05) is 79.4 Å². The number of esters is 1. The van der Waals surface area contributed by atoms with Gasteiger partial charge in [-0.05, 0) is 84.8 Å². The summed E-state index contributed by atoms with van der Waals surface area (Å²) in [7, 11) is -2.94. The van der Waals surface area contributed by atoms with Crippen LogP contribution < -0.4 is 4.72 Å². The van der Waals surface area contributed by atoms with Crippen molar-refractivity contribution in [2.45, 2.75) is 192 Å². The van der Waals surface area contributed by atoms with E-state index in [2.05, 4.69) is 32.4 Å². The van der Waals surface area contributed by atoms with Crippen LogP contribution in [0.4, 0.5) is 9.18 Å². The molecule has 0 atom stereocenters. The molecule has 0 saturated heterocycles. The Bertz CT molecular complexity index is 1180. The Kier molecular flexibility index (Phi) is 45.2. The predicted molar refractivity (Wildman–Crippen MR) is 218 cm³/mol. The summed E-state index contributed by atoms with van der Waals surface area (Å²) in [6.45, 7) is 34.4. The summed E-state index contributed by atoms with van der Waals surface area (Å²) in [5.41, 5.74) is 1.12. The molecule has 1 heterocycles. The largest absolute Gasteiger partial charge is 0.460 e. The molecule has 0 spiro atoms. The van der Waals surface area contributed by atoms with Crippen LogP contribution in [0.15, 0.2) is 18.2 Å². The van der Waals surface area contributed by atoms with Crippen molar-refractivity contribution < 1.29 is 103 Å². The molecule has 0 aromatic heterocycles. The molecule has 1 saturated carbocycles. The number of hydrogen-bond acceptors (Lipinski definition) is 6. The van der Waals surface area contributed by atoms with Gasteiger partial charge in [0, 0.05) is 88.9 Å². The van der Waals surface area contributed by atoms with Crippen molar-refractivity contribution >= 4 is 22.1 Å². The normalized spacial score (nSPS) is 12.6. The van der Waals surface area contributed by atoms with Crippen LogP contribution in [0.25, 0.3) is 0 Å². The molecule has 8 nitrogen and oxygen atoms in total. The van der Waals surface area contributed by atoms with Crippen LogP contribution >= 0.6 is 0 Å². The van der Waals surface area contributed by atoms with Crippen LogP contribution in [0.1, 0.15) is 167 Å². The molecule has 0 unspecified atom stereocenters. The van der Waals surface area contributed by atoms with Gasteiger partial charge in [0.25, 0.3) is 0 Å². The van der Waals surface area contributed by atoms with Crippen LogP contribution in [0.5, 0.6) is 0 Å². The quantitative estimate of drug-likeness (QED) is 0.142. The van der Waals surface area contributed by atoms with Gasteiger partial charge in [0.1, 0.15) is 11.4 Å². The number of sulfonamides is 1. The van der Waals surface area contributed by atoms with E-state index in [9.17, 15) is 22.4 Å². The van der Waals surface area contributed by atoms with E-state index in [0.29, 0.717) is 18.7 Å². The Hall–Kier alpha value is 0.125.